The van der Waals surface area contributed by atoms with Crippen LogP contribution in [0.3, 0.4) is 0 Å². The van der Waals surface area contributed by atoms with Crippen LogP contribution >= 0.6 is 0 Å². The molecule has 0 heterocycles. The van der Waals surface area contributed by atoms with E-state index < -0.39 is 0 Å². The Kier molecular flexibility index (Phi) is 8.20. The predicted octanol–water partition coefficient (Wildman–Crippen LogP) is 2.40. The molecule has 0 aromatic heterocycles. The van der Waals surface area contributed by atoms with E-state index in [0.29, 0.717) is 5.41 Å². The maximum Gasteiger partial charge on any atom is -0.00438 e. The Hall–Kier alpha value is -0.0800. The summed E-state index contributed by atoms with van der Waals surface area (Å²) >= 11 is 0. The largest absolute Gasteiger partial charge is 0.317 e. The van der Waals surface area contributed by atoms with Gasteiger partial charge in [-0.05, 0) is 44.4 Å². The smallest absolute Gasteiger partial charge is 0.00438 e. The monoisotopic (exact) mass is 200 g/mol. The minimum absolute atomic E-state index is 0.518. The van der Waals surface area contributed by atoms with E-state index >= 15 is 0 Å². The molecule has 86 valence electrons. The third-order valence-electron chi connectivity index (χ3n) is 3.16. The lowest BCUT2D eigenvalue weighted by Gasteiger charge is -2.28. The molecule has 0 aliphatic carbocycles. The SMILES string of the molecule is CCNCCC(C)(CC)CCNCC. The topological polar surface area (TPSA) is 24.1 Å². The molecule has 0 spiro atoms. The molecule has 2 nitrogen and oxygen atoms in total. The average Bonchev–Trinajstić information content (AvgIpc) is 2.19. The van der Waals surface area contributed by atoms with E-state index in [1.807, 2.05) is 0 Å². The van der Waals surface area contributed by atoms with Crippen LogP contribution in [-0.4, -0.2) is 26.2 Å². The van der Waals surface area contributed by atoms with Gasteiger partial charge in [0.05, 0.1) is 0 Å². The average molecular weight is 200 g/mol. The Labute approximate surface area is 89.9 Å². The summed E-state index contributed by atoms with van der Waals surface area (Å²) in [7, 11) is 0. The Bertz CT molecular complexity index is 113. The quantitative estimate of drug-likeness (QED) is 0.559. The van der Waals surface area contributed by atoms with Crippen molar-refractivity contribution in [1.82, 2.24) is 10.6 Å². The summed E-state index contributed by atoms with van der Waals surface area (Å²) in [5.74, 6) is 0. The van der Waals surface area contributed by atoms with Crippen LogP contribution in [0.1, 0.15) is 47.0 Å². The lowest BCUT2D eigenvalue weighted by Crippen LogP contribution is -2.28. The summed E-state index contributed by atoms with van der Waals surface area (Å²) in [6, 6.07) is 0. The molecule has 2 heteroatoms. The fourth-order valence-electron chi connectivity index (χ4n) is 1.61. The molecule has 0 aromatic rings. The van der Waals surface area contributed by atoms with Crippen LogP contribution in [0.25, 0.3) is 0 Å². The van der Waals surface area contributed by atoms with Gasteiger partial charge in [0.25, 0.3) is 0 Å². The van der Waals surface area contributed by atoms with Gasteiger partial charge in [-0.25, -0.2) is 0 Å². The molecule has 0 aromatic carbocycles. The van der Waals surface area contributed by atoms with Crippen molar-refractivity contribution in [1.29, 1.82) is 0 Å². The van der Waals surface area contributed by atoms with Gasteiger partial charge < -0.3 is 10.6 Å². The molecular weight excluding hydrogens is 172 g/mol. The second kappa shape index (κ2) is 8.25. The second-order valence-electron chi connectivity index (χ2n) is 4.37. The van der Waals surface area contributed by atoms with Crippen molar-refractivity contribution in [3.8, 4) is 0 Å². The molecule has 0 fully saturated rings. The lowest BCUT2D eigenvalue weighted by molar-refractivity contribution is 0.255. The number of hydrogen-bond donors (Lipinski definition) is 2. The van der Waals surface area contributed by atoms with Crippen molar-refractivity contribution in [3.63, 3.8) is 0 Å². The molecule has 0 radical (unpaired) electrons. The molecule has 2 N–H and O–H groups in total. The summed E-state index contributed by atoms with van der Waals surface area (Å²) < 4.78 is 0. The van der Waals surface area contributed by atoms with Crippen LogP contribution in [0.2, 0.25) is 0 Å². The summed E-state index contributed by atoms with van der Waals surface area (Å²) in [5.41, 5.74) is 0.518. The molecule has 0 atom stereocenters. The summed E-state index contributed by atoms with van der Waals surface area (Å²) in [6.45, 7) is 13.5. The molecular formula is C12H28N2. The van der Waals surface area contributed by atoms with Gasteiger partial charge in [0.2, 0.25) is 0 Å². The van der Waals surface area contributed by atoms with E-state index in [2.05, 4.69) is 38.3 Å². The Morgan fingerprint density at radius 2 is 1.29 bits per heavy atom. The van der Waals surface area contributed by atoms with Gasteiger partial charge in [0, 0.05) is 0 Å². The maximum atomic E-state index is 3.41. The normalized spacial score (nSPS) is 12.0. The van der Waals surface area contributed by atoms with Crippen molar-refractivity contribution < 1.29 is 0 Å². The third-order valence-corrected chi connectivity index (χ3v) is 3.16. The van der Waals surface area contributed by atoms with Gasteiger partial charge in [-0.15, -0.1) is 0 Å². The van der Waals surface area contributed by atoms with Crippen molar-refractivity contribution in [2.24, 2.45) is 5.41 Å². The van der Waals surface area contributed by atoms with Crippen LogP contribution in [-0.2, 0) is 0 Å². The van der Waals surface area contributed by atoms with Crippen LogP contribution < -0.4 is 10.6 Å². The summed E-state index contributed by atoms with van der Waals surface area (Å²) in [4.78, 5) is 0. The minimum Gasteiger partial charge on any atom is -0.317 e. The van der Waals surface area contributed by atoms with Gasteiger partial charge >= 0.3 is 0 Å². The highest BCUT2D eigenvalue weighted by Crippen LogP contribution is 2.28. The number of nitrogens with one attached hydrogen (secondary N) is 2. The van der Waals surface area contributed by atoms with E-state index in [9.17, 15) is 0 Å². The Morgan fingerprint density at radius 1 is 0.857 bits per heavy atom. The standard InChI is InChI=1S/C12H28N2/c1-5-12(4,8-10-13-6-2)9-11-14-7-3/h13-14H,5-11H2,1-4H3. The van der Waals surface area contributed by atoms with E-state index in [1.54, 1.807) is 0 Å². The van der Waals surface area contributed by atoms with E-state index in [-0.39, 0.29) is 0 Å². The first-order valence-corrected chi connectivity index (χ1v) is 6.10. The number of rotatable bonds is 9. The first-order chi connectivity index (χ1) is 6.68. The van der Waals surface area contributed by atoms with E-state index in [0.717, 1.165) is 26.2 Å². The molecule has 0 aliphatic heterocycles. The molecule has 0 saturated heterocycles. The molecule has 0 rings (SSSR count). The molecule has 14 heavy (non-hydrogen) atoms. The van der Waals surface area contributed by atoms with Crippen molar-refractivity contribution >= 4 is 0 Å². The fraction of sp³-hybridized carbons (Fsp3) is 1.00. The number of hydrogen-bond acceptors (Lipinski definition) is 2. The molecule has 0 saturated carbocycles. The first-order valence-electron chi connectivity index (χ1n) is 6.10. The van der Waals surface area contributed by atoms with Crippen molar-refractivity contribution in [3.05, 3.63) is 0 Å². The Balaban J connectivity index is 3.67. The predicted molar refractivity (Wildman–Crippen MR) is 64.7 cm³/mol. The highest BCUT2D eigenvalue weighted by atomic mass is 14.9. The van der Waals surface area contributed by atoms with Gasteiger partial charge in [-0.3, -0.25) is 0 Å². The van der Waals surface area contributed by atoms with Crippen LogP contribution in [0, 0.1) is 5.41 Å². The van der Waals surface area contributed by atoms with Gasteiger partial charge in [-0.2, -0.15) is 0 Å². The summed E-state index contributed by atoms with van der Waals surface area (Å²) in [5, 5.41) is 6.82. The fourth-order valence-corrected chi connectivity index (χ4v) is 1.61. The molecule has 0 aliphatic rings. The third kappa shape index (κ3) is 6.39. The highest BCUT2D eigenvalue weighted by molar-refractivity contribution is 4.74. The zero-order valence-electron chi connectivity index (χ0n) is 10.4. The molecule has 0 unspecified atom stereocenters. The van der Waals surface area contributed by atoms with Crippen LogP contribution in [0.4, 0.5) is 0 Å². The maximum absolute atomic E-state index is 3.41. The first kappa shape index (κ1) is 13.9. The van der Waals surface area contributed by atoms with Crippen molar-refractivity contribution in [2.75, 3.05) is 26.2 Å². The zero-order valence-corrected chi connectivity index (χ0v) is 10.4. The Morgan fingerprint density at radius 3 is 1.57 bits per heavy atom. The molecule has 0 bridgehead atoms. The highest BCUT2D eigenvalue weighted by Gasteiger charge is 2.20. The minimum atomic E-state index is 0.518. The van der Waals surface area contributed by atoms with Crippen molar-refractivity contribution in [2.45, 2.75) is 47.0 Å². The van der Waals surface area contributed by atoms with Gasteiger partial charge in [-0.1, -0.05) is 34.1 Å². The zero-order chi connectivity index (χ0) is 10.9. The van der Waals surface area contributed by atoms with Crippen LogP contribution in [0.15, 0.2) is 0 Å². The second-order valence-corrected chi connectivity index (χ2v) is 4.37. The van der Waals surface area contributed by atoms with E-state index in [1.165, 1.54) is 19.3 Å². The van der Waals surface area contributed by atoms with Gasteiger partial charge in [0.1, 0.15) is 0 Å². The van der Waals surface area contributed by atoms with E-state index in [4.69, 9.17) is 0 Å². The van der Waals surface area contributed by atoms with Gasteiger partial charge in [0.15, 0.2) is 0 Å². The summed E-state index contributed by atoms with van der Waals surface area (Å²) in [6.07, 6.45) is 3.87. The van der Waals surface area contributed by atoms with Crippen LogP contribution in [0.5, 0.6) is 0 Å². The molecule has 0 amide bonds. The lowest BCUT2D eigenvalue weighted by atomic mass is 9.81.